The van der Waals surface area contributed by atoms with Crippen molar-refractivity contribution in [2.24, 2.45) is 5.41 Å². The van der Waals surface area contributed by atoms with Gasteiger partial charge in [-0.25, -0.2) is 0 Å². The topological polar surface area (TPSA) is 62.1 Å². The average molecular weight is 278 g/mol. The van der Waals surface area contributed by atoms with E-state index in [9.17, 15) is 10.1 Å². The van der Waals surface area contributed by atoms with Crippen LogP contribution in [0, 0.1) is 16.7 Å². The highest BCUT2D eigenvalue weighted by molar-refractivity contribution is 5.86. The molecule has 1 saturated heterocycles. The third-order valence-corrected chi connectivity index (χ3v) is 5.22. The van der Waals surface area contributed by atoms with Crippen molar-refractivity contribution in [1.82, 2.24) is 5.32 Å². The van der Waals surface area contributed by atoms with Crippen molar-refractivity contribution in [3.8, 4) is 6.07 Å². The lowest BCUT2D eigenvalue weighted by Gasteiger charge is -2.40. The van der Waals surface area contributed by atoms with Crippen molar-refractivity contribution >= 4 is 5.91 Å². The monoisotopic (exact) mass is 278 g/mol. The Bertz CT molecular complexity index is 390. The second-order valence-electron chi connectivity index (χ2n) is 6.30. The summed E-state index contributed by atoms with van der Waals surface area (Å²) in [6.07, 6.45) is 7.07. The summed E-state index contributed by atoms with van der Waals surface area (Å²) in [7, 11) is 0. The number of ether oxygens (including phenoxy) is 1. The van der Waals surface area contributed by atoms with Crippen LogP contribution in [0.25, 0.3) is 0 Å². The summed E-state index contributed by atoms with van der Waals surface area (Å²) in [5, 5.41) is 12.5. The van der Waals surface area contributed by atoms with Crippen molar-refractivity contribution < 1.29 is 9.53 Å². The highest BCUT2D eigenvalue weighted by Gasteiger charge is 2.43. The molecule has 1 atom stereocenters. The summed E-state index contributed by atoms with van der Waals surface area (Å²) in [5.74, 6) is -0.0505. The summed E-state index contributed by atoms with van der Waals surface area (Å²) < 4.78 is 5.94. The van der Waals surface area contributed by atoms with Crippen molar-refractivity contribution in [1.29, 1.82) is 5.26 Å². The quantitative estimate of drug-likeness (QED) is 0.860. The minimum Gasteiger partial charge on any atom is -0.375 e. The molecule has 1 aliphatic heterocycles. The van der Waals surface area contributed by atoms with Crippen LogP contribution in [0.5, 0.6) is 0 Å². The fraction of sp³-hybridized carbons (Fsp3) is 0.875. The summed E-state index contributed by atoms with van der Waals surface area (Å²) in [6.45, 7) is 4.98. The van der Waals surface area contributed by atoms with Crippen LogP contribution in [-0.2, 0) is 9.53 Å². The molecule has 4 heteroatoms. The van der Waals surface area contributed by atoms with Crippen LogP contribution in [0.1, 0.15) is 65.2 Å². The van der Waals surface area contributed by atoms with Crippen molar-refractivity contribution in [3.63, 3.8) is 0 Å². The average Bonchev–Trinajstić information content (AvgIpc) is 2.97. The predicted molar refractivity (Wildman–Crippen MR) is 76.9 cm³/mol. The molecule has 1 amide bonds. The smallest absolute Gasteiger partial charge is 0.240 e. The molecule has 4 nitrogen and oxygen atoms in total. The van der Waals surface area contributed by atoms with Gasteiger partial charge in [-0.15, -0.1) is 0 Å². The fourth-order valence-electron chi connectivity index (χ4n) is 3.59. The van der Waals surface area contributed by atoms with E-state index in [0.717, 1.165) is 38.5 Å². The molecule has 0 aromatic rings. The second kappa shape index (κ2) is 6.13. The van der Waals surface area contributed by atoms with Gasteiger partial charge in [0.2, 0.25) is 5.91 Å². The molecule has 2 fully saturated rings. The molecule has 112 valence electrons. The summed E-state index contributed by atoms with van der Waals surface area (Å²) in [6, 6.07) is 2.43. The van der Waals surface area contributed by atoms with Gasteiger partial charge >= 0.3 is 0 Å². The predicted octanol–water partition coefficient (Wildman–Crippen LogP) is 2.92. The van der Waals surface area contributed by atoms with Gasteiger partial charge in [-0.3, -0.25) is 4.79 Å². The third kappa shape index (κ3) is 2.83. The molecule has 1 aliphatic carbocycles. The number of nitrogens with one attached hydrogen (secondary N) is 1. The van der Waals surface area contributed by atoms with E-state index in [4.69, 9.17) is 4.74 Å². The number of nitrogens with zero attached hydrogens (tertiary/aromatic N) is 1. The minimum atomic E-state index is -0.764. The molecule has 2 aliphatic rings. The SMILES string of the molecule is CCC1(CC)CC(NC(=O)C2(C#N)CCCC2)CCO1. The summed E-state index contributed by atoms with van der Waals surface area (Å²) in [5.41, 5.74) is -0.856. The van der Waals surface area contributed by atoms with E-state index in [-0.39, 0.29) is 17.6 Å². The highest BCUT2D eigenvalue weighted by Crippen LogP contribution is 2.38. The first-order chi connectivity index (χ1) is 9.60. The Morgan fingerprint density at radius 1 is 1.35 bits per heavy atom. The Morgan fingerprint density at radius 3 is 2.55 bits per heavy atom. The van der Waals surface area contributed by atoms with Gasteiger partial charge < -0.3 is 10.1 Å². The third-order valence-electron chi connectivity index (χ3n) is 5.22. The van der Waals surface area contributed by atoms with Crippen LogP contribution in [0.2, 0.25) is 0 Å². The van der Waals surface area contributed by atoms with Gasteiger partial charge in [-0.05, 0) is 38.5 Å². The first kappa shape index (κ1) is 15.3. The van der Waals surface area contributed by atoms with Crippen LogP contribution in [0.15, 0.2) is 0 Å². The molecule has 20 heavy (non-hydrogen) atoms. The number of hydrogen-bond donors (Lipinski definition) is 1. The van der Waals surface area contributed by atoms with E-state index in [2.05, 4.69) is 25.2 Å². The van der Waals surface area contributed by atoms with Gasteiger partial charge in [0.15, 0.2) is 0 Å². The minimum absolute atomic E-state index is 0.0505. The zero-order chi connectivity index (χ0) is 14.6. The van der Waals surface area contributed by atoms with Gasteiger partial charge in [-0.1, -0.05) is 26.7 Å². The van der Waals surface area contributed by atoms with Crippen molar-refractivity contribution in [2.75, 3.05) is 6.61 Å². The van der Waals surface area contributed by atoms with E-state index >= 15 is 0 Å². The number of rotatable bonds is 4. The van der Waals surface area contributed by atoms with Gasteiger partial charge in [0.1, 0.15) is 5.41 Å². The molecule has 0 radical (unpaired) electrons. The molecule has 1 unspecified atom stereocenters. The van der Waals surface area contributed by atoms with Crippen LogP contribution >= 0.6 is 0 Å². The van der Waals surface area contributed by atoms with E-state index in [0.29, 0.717) is 19.4 Å². The Labute approximate surface area is 121 Å². The van der Waals surface area contributed by atoms with Gasteiger partial charge in [0, 0.05) is 12.6 Å². The Morgan fingerprint density at radius 2 is 2.00 bits per heavy atom. The standard InChI is InChI=1S/C16H26N2O2/c1-3-16(4-2)11-13(7-10-20-16)18-14(19)15(12-17)8-5-6-9-15/h13H,3-11H2,1-2H3,(H,18,19). The maximum absolute atomic E-state index is 12.5. The number of carbonyl (C=O) groups excluding carboxylic acids is 1. The molecular formula is C16H26N2O2. The number of nitriles is 1. The number of carbonyl (C=O) groups is 1. The maximum Gasteiger partial charge on any atom is 0.240 e. The first-order valence-corrected chi connectivity index (χ1v) is 7.96. The molecule has 2 rings (SSSR count). The molecule has 0 spiro atoms. The van der Waals surface area contributed by atoms with Crippen molar-refractivity contribution in [2.45, 2.75) is 76.9 Å². The number of amides is 1. The molecule has 1 heterocycles. The Balaban J connectivity index is 1.99. The van der Waals surface area contributed by atoms with Crippen LogP contribution in [0.4, 0.5) is 0 Å². The maximum atomic E-state index is 12.5. The summed E-state index contributed by atoms with van der Waals surface area (Å²) in [4.78, 5) is 12.5. The molecule has 0 aromatic carbocycles. The first-order valence-electron chi connectivity index (χ1n) is 7.96. The lowest BCUT2D eigenvalue weighted by atomic mass is 9.83. The molecule has 1 N–H and O–H groups in total. The fourth-order valence-corrected chi connectivity index (χ4v) is 3.59. The lowest BCUT2D eigenvalue weighted by Crippen LogP contribution is -2.51. The second-order valence-corrected chi connectivity index (χ2v) is 6.30. The molecular weight excluding hydrogens is 252 g/mol. The van der Waals surface area contributed by atoms with E-state index < -0.39 is 5.41 Å². The normalized spacial score (nSPS) is 27.8. The lowest BCUT2D eigenvalue weighted by molar-refractivity contribution is -0.132. The zero-order valence-corrected chi connectivity index (χ0v) is 12.7. The van der Waals surface area contributed by atoms with Crippen molar-refractivity contribution in [3.05, 3.63) is 0 Å². The van der Waals surface area contributed by atoms with Crippen LogP contribution in [0.3, 0.4) is 0 Å². The highest BCUT2D eigenvalue weighted by atomic mass is 16.5. The summed E-state index contributed by atoms with van der Waals surface area (Å²) >= 11 is 0. The molecule has 1 saturated carbocycles. The van der Waals surface area contributed by atoms with E-state index in [1.165, 1.54) is 0 Å². The Kier molecular flexibility index (Phi) is 4.70. The van der Waals surface area contributed by atoms with Gasteiger partial charge in [0.25, 0.3) is 0 Å². The Hall–Kier alpha value is -1.08. The van der Waals surface area contributed by atoms with Crippen LogP contribution < -0.4 is 5.32 Å². The largest absolute Gasteiger partial charge is 0.375 e. The molecule has 0 aromatic heterocycles. The van der Waals surface area contributed by atoms with Gasteiger partial charge in [-0.2, -0.15) is 5.26 Å². The molecule has 0 bridgehead atoms. The van der Waals surface area contributed by atoms with Crippen LogP contribution in [-0.4, -0.2) is 24.2 Å². The zero-order valence-electron chi connectivity index (χ0n) is 12.7. The van der Waals surface area contributed by atoms with Gasteiger partial charge in [0.05, 0.1) is 11.7 Å². The number of hydrogen-bond acceptors (Lipinski definition) is 3. The van der Waals surface area contributed by atoms with E-state index in [1.54, 1.807) is 0 Å². The van der Waals surface area contributed by atoms with E-state index in [1.807, 2.05) is 0 Å².